The lowest BCUT2D eigenvalue weighted by Gasteiger charge is -2.23. The minimum atomic E-state index is -0.299. The summed E-state index contributed by atoms with van der Waals surface area (Å²) in [6, 6.07) is 11.0. The summed E-state index contributed by atoms with van der Waals surface area (Å²) < 4.78 is 12.9. The number of piperidine rings is 1. The average molecular weight is 340 g/mol. The van der Waals surface area contributed by atoms with Gasteiger partial charge in [-0.3, -0.25) is 4.79 Å². The number of carbonyl (C=O) groups is 1. The van der Waals surface area contributed by atoms with Gasteiger partial charge in [-0.25, -0.2) is 4.39 Å². The summed E-state index contributed by atoms with van der Waals surface area (Å²) in [6.07, 6.45) is 6.87. The maximum atomic E-state index is 12.9. The average Bonchev–Trinajstić information content (AvgIpc) is 2.64. The lowest BCUT2D eigenvalue weighted by atomic mass is 10.0. The van der Waals surface area contributed by atoms with E-state index in [2.05, 4.69) is 0 Å². The number of nitrogens with one attached hydrogen (secondary N) is 1. The molecular weight excluding hydrogens is 317 g/mol. The zero-order valence-electron chi connectivity index (χ0n) is 14.2. The van der Waals surface area contributed by atoms with Crippen molar-refractivity contribution in [1.29, 1.82) is 0 Å². The number of phenols is 1. The molecule has 0 bridgehead atoms. The first-order chi connectivity index (χ1) is 12.1. The Labute approximate surface area is 147 Å². The van der Waals surface area contributed by atoms with Gasteiger partial charge in [0, 0.05) is 11.1 Å². The van der Waals surface area contributed by atoms with Gasteiger partial charge in [-0.05, 0) is 61.2 Å². The molecule has 4 heteroatoms. The Bertz CT molecular complexity index is 762. The molecule has 2 N–H and O–H groups in total. The van der Waals surface area contributed by atoms with Crippen molar-refractivity contribution in [3.05, 3.63) is 71.0 Å². The van der Waals surface area contributed by atoms with E-state index in [1.54, 1.807) is 36.4 Å². The second-order valence-electron chi connectivity index (χ2n) is 6.58. The van der Waals surface area contributed by atoms with Crippen LogP contribution in [0.2, 0.25) is 0 Å². The molecule has 0 saturated carbocycles. The molecule has 3 rings (SSSR count). The zero-order chi connectivity index (χ0) is 17.6. The van der Waals surface area contributed by atoms with Crippen molar-refractivity contribution in [1.82, 2.24) is 0 Å². The third-order valence-electron chi connectivity index (χ3n) is 4.66. The molecule has 1 aliphatic rings. The fourth-order valence-corrected chi connectivity index (χ4v) is 3.22. The third kappa shape index (κ3) is 4.77. The van der Waals surface area contributed by atoms with Gasteiger partial charge in [0.15, 0.2) is 5.78 Å². The molecule has 2 aromatic carbocycles. The molecular formula is C21H23FNO2+. The molecule has 0 aliphatic carbocycles. The fraction of sp³-hybridized carbons (Fsp3) is 0.286. The number of hydrogen-bond donors (Lipinski definition) is 2. The molecule has 0 spiro atoms. The molecule has 1 saturated heterocycles. The van der Waals surface area contributed by atoms with Gasteiger partial charge in [0.25, 0.3) is 0 Å². The standard InChI is InChI=1S/C21H22FNO2/c22-19-8-4-16(5-9-19)6-10-20(24)17-7-11-21(25)18(14-17)15-23-12-2-1-3-13-23/h4-11,14,25H,1-3,12-13,15H2/p+1/b10-6+. The maximum absolute atomic E-state index is 12.9. The highest BCUT2D eigenvalue weighted by Crippen LogP contribution is 2.19. The first-order valence-electron chi connectivity index (χ1n) is 8.75. The number of benzene rings is 2. The highest BCUT2D eigenvalue weighted by Gasteiger charge is 2.17. The van der Waals surface area contributed by atoms with E-state index in [4.69, 9.17) is 0 Å². The van der Waals surface area contributed by atoms with Gasteiger partial charge >= 0.3 is 0 Å². The Morgan fingerprint density at radius 1 is 1.08 bits per heavy atom. The molecule has 0 atom stereocenters. The zero-order valence-corrected chi connectivity index (χ0v) is 14.2. The van der Waals surface area contributed by atoms with Gasteiger partial charge in [-0.1, -0.05) is 18.2 Å². The summed E-state index contributed by atoms with van der Waals surface area (Å²) in [5.74, 6) is -0.178. The quantitative estimate of drug-likeness (QED) is 0.649. The van der Waals surface area contributed by atoms with Crippen LogP contribution >= 0.6 is 0 Å². The summed E-state index contributed by atoms with van der Waals surface area (Å²) in [4.78, 5) is 13.8. The van der Waals surface area contributed by atoms with Gasteiger partial charge in [0.05, 0.1) is 13.1 Å². The molecule has 0 amide bonds. The maximum Gasteiger partial charge on any atom is 0.185 e. The van der Waals surface area contributed by atoms with E-state index in [9.17, 15) is 14.3 Å². The lowest BCUT2D eigenvalue weighted by molar-refractivity contribution is -0.918. The van der Waals surface area contributed by atoms with Crippen LogP contribution in [0.5, 0.6) is 5.75 Å². The second kappa shape index (κ2) is 8.08. The van der Waals surface area contributed by atoms with Crippen molar-refractivity contribution in [2.75, 3.05) is 13.1 Å². The van der Waals surface area contributed by atoms with Gasteiger partial charge in [0.2, 0.25) is 0 Å². The minimum Gasteiger partial charge on any atom is -0.507 e. The summed E-state index contributed by atoms with van der Waals surface area (Å²) in [6.45, 7) is 2.97. The van der Waals surface area contributed by atoms with Crippen LogP contribution in [0.1, 0.15) is 40.7 Å². The largest absolute Gasteiger partial charge is 0.507 e. The Morgan fingerprint density at radius 2 is 1.80 bits per heavy atom. The van der Waals surface area contributed by atoms with Crippen molar-refractivity contribution in [2.45, 2.75) is 25.8 Å². The number of rotatable bonds is 5. The van der Waals surface area contributed by atoms with Crippen LogP contribution in [-0.2, 0) is 6.54 Å². The van der Waals surface area contributed by atoms with E-state index in [0.717, 1.165) is 30.8 Å². The predicted octanol–water partition coefficient (Wildman–Crippen LogP) is 3.00. The number of allylic oxidation sites excluding steroid dienone is 1. The van der Waals surface area contributed by atoms with Gasteiger partial charge in [-0.2, -0.15) is 0 Å². The number of ketones is 1. The number of quaternary nitrogens is 1. The molecule has 0 radical (unpaired) electrons. The Kier molecular flexibility index (Phi) is 5.61. The molecule has 25 heavy (non-hydrogen) atoms. The molecule has 2 aromatic rings. The molecule has 0 unspecified atom stereocenters. The van der Waals surface area contributed by atoms with E-state index in [0.29, 0.717) is 5.56 Å². The van der Waals surface area contributed by atoms with Crippen molar-refractivity contribution in [2.24, 2.45) is 0 Å². The first kappa shape index (κ1) is 17.4. The Balaban J connectivity index is 1.71. The van der Waals surface area contributed by atoms with Gasteiger partial charge in [0.1, 0.15) is 18.1 Å². The number of likely N-dealkylation sites (tertiary alicyclic amines) is 1. The first-order valence-corrected chi connectivity index (χ1v) is 8.75. The smallest absolute Gasteiger partial charge is 0.185 e. The van der Waals surface area contributed by atoms with Crippen LogP contribution in [0.4, 0.5) is 4.39 Å². The highest BCUT2D eigenvalue weighted by atomic mass is 19.1. The Morgan fingerprint density at radius 3 is 2.52 bits per heavy atom. The van der Waals surface area contributed by atoms with Crippen LogP contribution in [-0.4, -0.2) is 24.0 Å². The molecule has 130 valence electrons. The van der Waals surface area contributed by atoms with E-state index in [1.165, 1.54) is 42.4 Å². The van der Waals surface area contributed by atoms with Crippen molar-refractivity contribution < 1.29 is 19.2 Å². The lowest BCUT2D eigenvalue weighted by Crippen LogP contribution is -3.11. The van der Waals surface area contributed by atoms with Crippen molar-refractivity contribution >= 4 is 11.9 Å². The normalized spacial score (nSPS) is 15.6. The number of hydrogen-bond acceptors (Lipinski definition) is 2. The van der Waals surface area contributed by atoms with E-state index in [-0.39, 0.29) is 17.3 Å². The molecule has 1 heterocycles. The minimum absolute atomic E-state index is 0.126. The van der Waals surface area contributed by atoms with Crippen LogP contribution in [0.3, 0.4) is 0 Å². The number of phenolic OH excluding ortho intramolecular Hbond substituents is 1. The summed E-state index contributed by atoms with van der Waals surface area (Å²) in [7, 11) is 0. The second-order valence-corrected chi connectivity index (χ2v) is 6.58. The molecule has 3 nitrogen and oxygen atoms in total. The van der Waals surface area contributed by atoms with Crippen LogP contribution in [0.15, 0.2) is 48.5 Å². The molecule has 1 fully saturated rings. The summed E-state index contributed by atoms with van der Waals surface area (Å²) in [5, 5.41) is 10.1. The number of carbonyl (C=O) groups excluding carboxylic acids is 1. The van der Waals surface area contributed by atoms with E-state index >= 15 is 0 Å². The Hall–Kier alpha value is -2.46. The highest BCUT2D eigenvalue weighted by molar-refractivity contribution is 6.07. The summed E-state index contributed by atoms with van der Waals surface area (Å²) in [5.41, 5.74) is 2.15. The molecule has 0 aromatic heterocycles. The van der Waals surface area contributed by atoms with Crippen LogP contribution in [0.25, 0.3) is 6.08 Å². The predicted molar refractivity (Wildman–Crippen MR) is 96.1 cm³/mol. The van der Waals surface area contributed by atoms with Crippen molar-refractivity contribution in [3.63, 3.8) is 0 Å². The van der Waals surface area contributed by atoms with E-state index < -0.39 is 0 Å². The fourth-order valence-electron chi connectivity index (χ4n) is 3.22. The topological polar surface area (TPSA) is 41.7 Å². The third-order valence-corrected chi connectivity index (χ3v) is 4.66. The van der Waals surface area contributed by atoms with Gasteiger partial charge < -0.3 is 10.0 Å². The van der Waals surface area contributed by atoms with Crippen molar-refractivity contribution in [3.8, 4) is 5.75 Å². The van der Waals surface area contributed by atoms with Gasteiger partial charge in [-0.15, -0.1) is 0 Å². The SMILES string of the molecule is O=C(/C=C/c1ccc(F)cc1)c1ccc(O)c(C[NH+]2CCCCC2)c1. The number of halogens is 1. The van der Waals surface area contributed by atoms with Crippen LogP contribution < -0.4 is 4.90 Å². The van der Waals surface area contributed by atoms with Crippen LogP contribution in [0, 0.1) is 5.82 Å². The number of aromatic hydroxyl groups is 1. The monoisotopic (exact) mass is 340 g/mol. The summed E-state index contributed by atoms with van der Waals surface area (Å²) >= 11 is 0. The van der Waals surface area contributed by atoms with E-state index in [1.807, 2.05) is 0 Å². The molecule has 1 aliphatic heterocycles.